The number of fused-ring (bicyclic) bond motifs is 2. The number of nitrogens with zero attached hydrogens (tertiary/aromatic N) is 3. The maximum absolute atomic E-state index is 11.5. The number of hydrogen-bond acceptors (Lipinski definition) is 5. The molecule has 0 aliphatic rings. The van der Waals surface area contributed by atoms with Crippen molar-refractivity contribution < 1.29 is 4.79 Å². The average molecular weight is 346 g/mol. The smallest absolute Gasteiger partial charge is 0.227 e. The van der Waals surface area contributed by atoms with Crippen LogP contribution >= 0.6 is 0 Å². The van der Waals surface area contributed by atoms with Crippen molar-refractivity contribution in [2.45, 2.75) is 20.8 Å². The Morgan fingerprint density at radius 2 is 1.96 bits per heavy atom. The van der Waals surface area contributed by atoms with Crippen LogP contribution in [0.1, 0.15) is 18.3 Å². The molecule has 0 aliphatic heterocycles. The van der Waals surface area contributed by atoms with Crippen LogP contribution in [0, 0.1) is 13.8 Å². The number of amides is 1. The van der Waals surface area contributed by atoms with Gasteiger partial charge in [-0.3, -0.25) is 4.79 Å². The Morgan fingerprint density at radius 1 is 1.12 bits per heavy atom. The van der Waals surface area contributed by atoms with Crippen molar-refractivity contribution in [3.8, 4) is 0 Å². The Bertz CT molecular complexity index is 1150. The van der Waals surface area contributed by atoms with E-state index in [-0.39, 0.29) is 5.91 Å². The zero-order valence-electron chi connectivity index (χ0n) is 14.7. The second-order valence-corrected chi connectivity index (χ2v) is 6.25. The molecule has 0 saturated heterocycles. The fraction of sp³-hybridized carbons (Fsp3) is 0.158. The van der Waals surface area contributed by atoms with Crippen molar-refractivity contribution >= 4 is 45.2 Å². The number of carbonyl (C=O) groups excluding carboxylic acids is 1. The van der Waals surface area contributed by atoms with Gasteiger partial charge in [0.2, 0.25) is 11.9 Å². The number of carbonyl (C=O) groups is 1. The van der Waals surface area contributed by atoms with Gasteiger partial charge in [-0.25, -0.2) is 15.0 Å². The first kappa shape index (κ1) is 16.0. The first-order chi connectivity index (χ1) is 12.5. The highest BCUT2D eigenvalue weighted by molar-refractivity contribution is 6.00. The standard InChI is InChI=1S/C19H18N6O/c1-10-5-4-6-13-9-20-19(25-17(10)13)24-14-7-15-18(22-11(2)21-15)16(8-14)23-12(3)26/h4-9H,1-3H3,(H,21,22)(H,23,26)(H,20,24,25). The zero-order valence-corrected chi connectivity index (χ0v) is 14.7. The van der Waals surface area contributed by atoms with Crippen LogP contribution in [0.4, 0.5) is 17.3 Å². The highest BCUT2D eigenvalue weighted by Gasteiger charge is 2.11. The van der Waals surface area contributed by atoms with E-state index in [1.54, 1.807) is 6.20 Å². The van der Waals surface area contributed by atoms with Gasteiger partial charge < -0.3 is 15.6 Å². The highest BCUT2D eigenvalue weighted by atomic mass is 16.1. The Morgan fingerprint density at radius 3 is 2.77 bits per heavy atom. The molecule has 7 nitrogen and oxygen atoms in total. The molecule has 4 rings (SSSR count). The number of imidazole rings is 1. The van der Waals surface area contributed by atoms with Crippen molar-refractivity contribution in [3.05, 3.63) is 47.9 Å². The number of benzene rings is 2. The summed E-state index contributed by atoms with van der Waals surface area (Å²) in [6.45, 7) is 5.37. The van der Waals surface area contributed by atoms with Gasteiger partial charge in [-0.15, -0.1) is 0 Å². The average Bonchev–Trinajstić information content (AvgIpc) is 2.96. The Balaban J connectivity index is 1.77. The predicted octanol–water partition coefficient (Wildman–Crippen LogP) is 3.82. The van der Waals surface area contributed by atoms with Gasteiger partial charge in [0.05, 0.1) is 16.7 Å². The Kier molecular flexibility index (Phi) is 3.76. The molecule has 4 aromatic rings. The van der Waals surface area contributed by atoms with Crippen molar-refractivity contribution in [2.24, 2.45) is 0 Å². The molecule has 7 heteroatoms. The van der Waals surface area contributed by atoms with Crippen molar-refractivity contribution in [3.63, 3.8) is 0 Å². The summed E-state index contributed by atoms with van der Waals surface area (Å²) in [4.78, 5) is 28.1. The van der Waals surface area contributed by atoms with Crippen LogP contribution in [0.3, 0.4) is 0 Å². The molecular formula is C19H18N6O. The van der Waals surface area contributed by atoms with E-state index in [1.165, 1.54) is 6.92 Å². The van der Waals surface area contributed by atoms with E-state index < -0.39 is 0 Å². The molecule has 26 heavy (non-hydrogen) atoms. The van der Waals surface area contributed by atoms with E-state index in [2.05, 4.69) is 30.6 Å². The number of rotatable bonds is 3. The van der Waals surface area contributed by atoms with Crippen molar-refractivity contribution in [2.75, 3.05) is 10.6 Å². The molecule has 0 aliphatic carbocycles. The largest absolute Gasteiger partial charge is 0.342 e. The summed E-state index contributed by atoms with van der Waals surface area (Å²) in [7, 11) is 0. The number of para-hydroxylation sites is 1. The molecule has 0 bridgehead atoms. The molecule has 2 aromatic carbocycles. The van der Waals surface area contributed by atoms with Crippen LogP contribution in [0.25, 0.3) is 21.9 Å². The lowest BCUT2D eigenvalue weighted by molar-refractivity contribution is -0.114. The number of nitrogens with one attached hydrogen (secondary N) is 3. The second kappa shape index (κ2) is 6.11. The first-order valence-corrected chi connectivity index (χ1v) is 8.27. The molecule has 0 saturated carbocycles. The number of aromatic nitrogens is 4. The zero-order chi connectivity index (χ0) is 18.3. The van der Waals surface area contributed by atoms with Gasteiger partial charge in [-0.2, -0.15) is 0 Å². The normalized spacial score (nSPS) is 11.0. The number of aromatic amines is 1. The van der Waals surface area contributed by atoms with Crippen LogP contribution in [0.5, 0.6) is 0 Å². The second-order valence-electron chi connectivity index (χ2n) is 6.25. The van der Waals surface area contributed by atoms with Gasteiger partial charge in [0.1, 0.15) is 11.3 Å². The number of hydrogen-bond donors (Lipinski definition) is 3. The summed E-state index contributed by atoms with van der Waals surface area (Å²) in [6, 6.07) is 9.75. The monoisotopic (exact) mass is 346 g/mol. The van der Waals surface area contributed by atoms with E-state index in [0.717, 1.165) is 39.0 Å². The molecule has 3 N–H and O–H groups in total. The topological polar surface area (TPSA) is 95.6 Å². The molecule has 0 atom stereocenters. The maximum atomic E-state index is 11.5. The fourth-order valence-corrected chi connectivity index (χ4v) is 2.99. The number of aryl methyl sites for hydroxylation is 2. The van der Waals surface area contributed by atoms with E-state index in [9.17, 15) is 4.79 Å². The molecule has 2 aromatic heterocycles. The SMILES string of the molecule is CC(=O)Nc1cc(Nc2ncc3cccc(C)c3n2)cc2[nH]c(C)nc12. The molecule has 2 heterocycles. The Hall–Kier alpha value is -3.48. The van der Waals surface area contributed by atoms with Crippen molar-refractivity contribution in [1.29, 1.82) is 0 Å². The van der Waals surface area contributed by atoms with E-state index in [4.69, 9.17) is 0 Å². The van der Waals surface area contributed by atoms with Gasteiger partial charge in [-0.05, 0) is 31.5 Å². The van der Waals surface area contributed by atoms with Gasteiger partial charge >= 0.3 is 0 Å². The van der Waals surface area contributed by atoms with Gasteiger partial charge in [0.25, 0.3) is 0 Å². The van der Waals surface area contributed by atoms with Crippen molar-refractivity contribution in [1.82, 2.24) is 19.9 Å². The van der Waals surface area contributed by atoms with E-state index in [1.807, 2.05) is 44.2 Å². The number of anilines is 3. The molecule has 0 fully saturated rings. The molecular weight excluding hydrogens is 328 g/mol. The van der Waals surface area contributed by atoms with E-state index in [0.29, 0.717) is 11.6 Å². The lowest BCUT2D eigenvalue weighted by Crippen LogP contribution is -2.07. The maximum Gasteiger partial charge on any atom is 0.227 e. The Labute approximate surface area is 149 Å². The van der Waals surface area contributed by atoms with Gasteiger partial charge in [0, 0.05) is 24.2 Å². The highest BCUT2D eigenvalue weighted by Crippen LogP contribution is 2.28. The number of H-pyrrole nitrogens is 1. The molecule has 130 valence electrons. The minimum Gasteiger partial charge on any atom is -0.342 e. The quantitative estimate of drug-likeness (QED) is 0.524. The molecule has 0 unspecified atom stereocenters. The third kappa shape index (κ3) is 2.95. The van der Waals surface area contributed by atoms with Crippen LogP contribution in [-0.2, 0) is 4.79 Å². The lowest BCUT2D eigenvalue weighted by atomic mass is 10.1. The lowest BCUT2D eigenvalue weighted by Gasteiger charge is -2.10. The summed E-state index contributed by atoms with van der Waals surface area (Å²) in [6.07, 6.45) is 1.80. The fourth-order valence-electron chi connectivity index (χ4n) is 2.99. The van der Waals surface area contributed by atoms with Gasteiger partial charge in [-0.1, -0.05) is 18.2 Å². The summed E-state index contributed by atoms with van der Waals surface area (Å²) in [5, 5.41) is 7.04. The summed E-state index contributed by atoms with van der Waals surface area (Å²) < 4.78 is 0. The molecule has 0 spiro atoms. The first-order valence-electron chi connectivity index (χ1n) is 8.27. The molecule has 1 amide bonds. The minimum atomic E-state index is -0.151. The van der Waals surface area contributed by atoms with Gasteiger partial charge in [0.15, 0.2) is 0 Å². The molecule has 0 radical (unpaired) electrons. The van der Waals surface area contributed by atoms with Crippen LogP contribution in [0.2, 0.25) is 0 Å². The van der Waals surface area contributed by atoms with Crippen LogP contribution < -0.4 is 10.6 Å². The predicted molar refractivity (Wildman–Crippen MR) is 103 cm³/mol. The third-order valence-electron chi connectivity index (χ3n) is 4.08. The minimum absolute atomic E-state index is 0.151. The van der Waals surface area contributed by atoms with Crippen LogP contribution in [-0.4, -0.2) is 25.8 Å². The summed E-state index contributed by atoms with van der Waals surface area (Å²) in [5.74, 6) is 1.12. The van der Waals surface area contributed by atoms with E-state index >= 15 is 0 Å². The third-order valence-corrected chi connectivity index (χ3v) is 4.08. The van der Waals surface area contributed by atoms with Crippen LogP contribution in [0.15, 0.2) is 36.5 Å². The summed E-state index contributed by atoms with van der Waals surface area (Å²) >= 11 is 0. The summed E-state index contributed by atoms with van der Waals surface area (Å²) in [5.41, 5.74) is 4.94.